The van der Waals surface area contributed by atoms with E-state index in [1.54, 1.807) is 36.4 Å². The van der Waals surface area contributed by atoms with Crippen LogP contribution in [0.5, 0.6) is 5.75 Å². The highest BCUT2D eigenvalue weighted by molar-refractivity contribution is 5.91. The van der Waals surface area contributed by atoms with Crippen LogP contribution in [0, 0.1) is 29.9 Å². The maximum atomic E-state index is 13.7. The van der Waals surface area contributed by atoms with E-state index < -0.39 is 11.6 Å². The predicted octanol–water partition coefficient (Wildman–Crippen LogP) is 5.30. The van der Waals surface area contributed by atoms with Crippen molar-refractivity contribution >= 4 is 11.6 Å². The molecule has 30 heavy (non-hydrogen) atoms. The molecule has 3 rings (SSSR count). The van der Waals surface area contributed by atoms with Gasteiger partial charge in [0, 0.05) is 12.1 Å². The summed E-state index contributed by atoms with van der Waals surface area (Å²) in [7, 11) is 0. The topological polar surface area (TPSA) is 62.1 Å². The van der Waals surface area contributed by atoms with Gasteiger partial charge in [0.15, 0.2) is 11.6 Å². The number of benzene rings is 3. The van der Waals surface area contributed by atoms with E-state index in [-0.39, 0.29) is 24.3 Å². The quantitative estimate of drug-likeness (QED) is 0.580. The highest BCUT2D eigenvalue weighted by Crippen LogP contribution is 2.23. The van der Waals surface area contributed by atoms with Crippen LogP contribution < -0.4 is 10.1 Å². The Morgan fingerprint density at radius 3 is 2.67 bits per heavy atom. The van der Waals surface area contributed by atoms with E-state index in [9.17, 15) is 13.6 Å². The van der Waals surface area contributed by atoms with Crippen LogP contribution in [0.1, 0.15) is 28.7 Å². The smallest absolute Gasteiger partial charge is 0.224 e. The summed E-state index contributed by atoms with van der Waals surface area (Å²) in [6.45, 7) is 2.16. The summed E-state index contributed by atoms with van der Waals surface area (Å²) in [6.07, 6.45) is 0.144. The number of hydrogen-bond acceptors (Lipinski definition) is 3. The second-order valence-electron chi connectivity index (χ2n) is 6.84. The summed E-state index contributed by atoms with van der Waals surface area (Å²) in [5.74, 6) is -1.49. The maximum absolute atomic E-state index is 13.7. The van der Waals surface area contributed by atoms with Gasteiger partial charge in [0.05, 0.1) is 11.6 Å². The molecule has 0 atom stereocenters. The molecule has 0 radical (unpaired) electrons. The number of aryl methyl sites for hydroxylation is 2. The number of anilines is 1. The third-order valence-corrected chi connectivity index (χ3v) is 4.59. The second-order valence-corrected chi connectivity index (χ2v) is 6.84. The van der Waals surface area contributed by atoms with Gasteiger partial charge in [0.1, 0.15) is 12.4 Å². The molecule has 0 saturated heterocycles. The molecule has 152 valence electrons. The molecule has 4 nitrogen and oxygen atoms in total. The number of rotatable bonds is 7. The van der Waals surface area contributed by atoms with E-state index in [1.807, 2.05) is 13.0 Å². The first-order valence-corrected chi connectivity index (χ1v) is 9.41. The molecule has 0 aliphatic heterocycles. The summed E-state index contributed by atoms with van der Waals surface area (Å²) < 4.78 is 32.7. The van der Waals surface area contributed by atoms with Gasteiger partial charge in [0.25, 0.3) is 0 Å². The van der Waals surface area contributed by atoms with E-state index in [0.29, 0.717) is 23.6 Å². The van der Waals surface area contributed by atoms with E-state index in [0.717, 1.165) is 17.2 Å². The van der Waals surface area contributed by atoms with Crippen LogP contribution in [0.2, 0.25) is 0 Å². The largest absolute Gasteiger partial charge is 0.489 e. The van der Waals surface area contributed by atoms with Gasteiger partial charge in [-0.1, -0.05) is 24.3 Å². The zero-order valence-corrected chi connectivity index (χ0v) is 16.4. The lowest BCUT2D eigenvalue weighted by Crippen LogP contribution is -2.13. The average Bonchev–Trinajstić information content (AvgIpc) is 2.75. The van der Waals surface area contributed by atoms with Crippen LogP contribution in [0.3, 0.4) is 0 Å². The van der Waals surface area contributed by atoms with Gasteiger partial charge in [-0.2, -0.15) is 5.26 Å². The van der Waals surface area contributed by atoms with Crippen LogP contribution in [-0.2, 0) is 17.8 Å². The zero-order valence-electron chi connectivity index (χ0n) is 16.4. The van der Waals surface area contributed by atoms with Crippen molar-refractivity contribution in [2.75, 3.05) is 5.32 Å². The molecule has 1 N–H and O–H groups in total. The number of hydrogen-bond donors (Lipinski definition) is 1. The Bertz CT molecular complexity index is 1110. The number of amides is 1. The van der Waals surface area contributed by atoms with Gasteiger partial charge in [-0.05, 0) is 66.4 Å². The Hall–Kier alpha value is -3.72. The third-order valence-electron chi connectivity index (χ3n) is 4.59. The Morgan fingerprint density at radius 2 is 1.90 bits per heavy atom. The number of carbonyl (C=O) groups is 1. The van der Waals surface area contributed by atoms with Crippen molar-refractivity contribution in [3.8, 4) is 11.8 Å². The lowest BCUT2D eigenvalue weighted by atomic mass is 10.1. The van der Waals surface area contributed by atoms with Crippen molar-refractivity contribution in [2.24, 2.45) is 0 Å². The normalized spacial score (nSPS) is 10.3. The molecule has 0 fully saturated rings. The summed E-state index contributed by atoms with van der Waals surface area (Å²) >= 11 is 0. The molecule has 3 aromatic rings. The zero-order chi connectivity index (χ0) is 21.5. The van der Waals surface area contributed by atoms with Crippen molar-refractivity contribution in [1.29, 1.82) is 5.26 Å². The molecule has 6 heteroatoms. The number of carbonyl (C=O) groups excluding carboxylic acids is 1. The fourth-order valence-electron chi connectivity index (χ4n) is 2.97. The number of halogens is 2. The van der Waals surface area contributed by atoms with Crippen molar-refractivity contribution in [1.82, 2.24) is 0 Å². The molecule has 0 aliphatic carbocycles. The van der Waals surface area contributed by atoms with E-state index in [2.05, 4.69) is 11.4 Å². The molecule has 0 unspecified atom stereocenters. The predicted molar refractivity (Wildman–Crippen MR) is 110 cm³/mol. The average molecular weight is 406 g/mol. The standard InChI is InChI=1S/C24H20F2N2O2/c1-16-12-20(30-15-18-5-2-4-17(13-18)14-27)9-10-22(16)28-23(29)11-8-19-6-3-7-21(25)24(19)26/h2-7,9-10,12-13H,8,11,15H2,1H3,(H,28,29). The van der Waals surface area contributed by atoms with E-state index in [4.69, 9.17) is 10.00 Å². The van der Waals surface area contributed by atoms with Crippen molar-refractivity contribution in [3.05, 3.63) is 94.6 Å². The molecule has 0 aliphatic rings. The second kappa shape index (κ2) is 9.66. The lowest BCUT2D eigenvalue weighted by molar-refractivity contribution is -0.116. The number of nitriles is 1. The minimum absolute atomic E-state index is 0.0350. The van der Waals surface area contributed by atoms with Gasteiger partial charge in [0.2, 0.25) is 5.91 Å². The molecular formula is C24H20F2N2O2. The van der Waals surface area contributed by atoms with Crippen molar-refractivity contribution < 1.29 is 18.3 Å². The summed E-state index contributed by atoms with van der Waals surface area (Å²) in [5, 5.41) is 11.7. The number of nitrogens with one attached hydrogen (secondary N) is 1. The first-order valence-electron chi connectivity index (χ1n) is 9.41. The minimum Gasteiger partial charge on any atom is -0.489 e. The highest BCUT2D eigenvalue weighted by Gasteiger charge is 2.11. The summed E-state index contributed by atoms with van der Waals surface area (Å²) in [4.78, 5) is 12.2. The van der Waals surface area contributed by atoms with Crippen LogP contribution in [0.25, 0.3) is 0 Å². The van der Waals surface area contributed by atoms with Crippen molar-refractivity contribution in [2.45, 2.75) is 26.4 Å². The van der Waals surface area contributed by atoms with Crippen LogP contribution >= 0.6 is 0 Å². The monoisotopic (exact) mass is 406 g/mol. The fraction of sp³-hybridized carbons (Fsp3) is 0.167. The SMILES string of the molecule is Cc1cc(OCc2cccc(C#N)c2)ccc1NC(=O)CCc1cccc(F)c1F. The molecule has 0 heterocycles. The first-order chi connectivity index (χ1) is 14.5. The van der Waals surface area contributed by atoms with Gasteiger partial charge < -0.3 is 10.1 Å². The molecule has 0 bridgehead atoms. The Labute approximate surface area is 173 Å². The maximum Gasteiger partial charge on any atom is 0.224 e. The van der Waals surface area contributed by atoms with E-state index >= 15 is 0 Å². The lowest BCUT2D eigenvalue weighted by Gasteiger charge is -2.12. The number of ether oxygens (including phenoxy) is 1. The third kappa shape index (κ3) is 5.42. The molecular weight excluding hydrogens is 386 g/mol. The Kier molecular flexibility index (Phi) is 6.76. The molecule has 0 aromatic heterocycles. The minimum atomic E-state index is -0.918. The van der Waals surface area contributed by atoms with Gasteiger partial charge in [-0.3, -0.25) is 4.79 Å². The van der Waals surface area contributed by atoms with E-state index in [1.165, 1.54) is 12.1 Å². The Balaban J connectivity index is 1.56. The van der Waals surface area contributed by atoms with Crippen LogP contribution in [0.15, 0.2) is 60.7 Å². The number of nitrogens with zero attached hydrogens (tertiary/aromatic N) is 1. The summed E-state index contributed by atoms with van der Waals surface area (Å²) in [5.41, 5.74) is 3.06. The van der Waals surface area contributed by atoms with Gasteiger partial charge in [-0.15, -0.1) is 0 Å². The molecule has 0 spiro atoms. The molecule has 0 saturated carbocycles. The van der Waals surface area contributed by atoms with Gasteiger partial charge in [-0.25, -0.2) is 8.78 Å². The highest BCUT2D eigenvalue weighted by atomic mass is 19.2. The first kappa shape index (κ1) is 21.0. The Morgan fingerprint density at radius 1 is 1.10 bits per heavy atom. The van der Waals surface area contributed by atoms with Crippen LogP contribution in [-0.4, -0.2) is 5.91 Å². The fourth-order valence-corrected chi connectivity index (χ4v) is 2.97. The summed E-state index contributed by atoms with van der Waals surface area (Å²) in [6, 6.07) is 18.5. The molecule has 3 aromatic carbocycles. The van der Waals surface area contributed by atoms with Gasteiger partial charge >= 0.3 is 0 Å². The molecule has 1 amide bonds. The van der Waals surface area contributed by atoms with Crippen LogP contribution in [0.4, 0.5) is 14.5 Å². The van der Waals surface area contributed by atoms with Crippen molar-refractivity contribution in [3.63, 3.8) is 0 Å².